The van der Waals surface area contributed by atoms with Crippen molar-refractivity contribution in [2.45, 2.75) is 0 Å². The topological polar surface area (TPSA) is 100 Å². The summed E-state index contributed by atoms with van der Waals surface area (Å²) in [6.45, 7) is 7.21. The molecule has 0 atom stereocenters. The van der Waals surface area contributed by atoms with Crippen LogP contribution in [0.4, 0.5) is 0 Å². The highest BCUT2D eigenvalue weighted by Gasteiger charge is 1.87. The van der Waals surface area contributed by atoms with Gasteiger partial charge in [0.1, 0.15) is 0 Å². The fourth-order valence-electron chi connectivity index (χ4n) is 0.991. The molecule has 0 aromatic carbocycles. The summed E-state index contributed by atoms with van der Waals surface area (Å²) in [7, 11) is 0. The third-order valence-electron chi connectivity index (χ3n) is 1.72. The maximum absolute atomic E-state index is 5.33. The normalized spacial score (nSPS) is 10.7. The van der Waals surface area contributed by atoms with Gasteiger partial charge in [-0.2, -0.15) is 0 Å². The molecule has 0 saturated carbocycles. The van der Waals surface area contributed by atoms with Gasteiger partial charge in [-0.3, -0.25) is 11.3 Å². The van der Waals surface area contributed by atoms with Crippen LogP contribution in [-0.2, 0) is 0 Å². The molecule has 0 aromatic rings. The molecule has 0 aliphatic carbocycles. The zero-order valence-corrected chi connectivity index (χ0v) is 8.81. The smallest absolute Gasteiger partial charge is 0.0223 e. The Labute approximate surface area is 86.1 Å². The van der Waals surface area contributed by atoms with Crippen LogP contribution in [0.5, 0.6) is 0 Å². The standard InChI is InChI=1S/C8H24N6/c9-1-2-11-3-4-12-5-6-13-7-8-14-10/h11-14H,1-10H2. The molecule has 0 rings (SSSR count). The molecule has 14 heavy (non-hydrogen) atoms. The van der Waals surface area contributed by atoms with E-state index in [1.54, 1.807) is 0 Å². The summed E-state index contributed by atoms with van der Waals surface area (Å²) in [5.41, 5.74) is 7.92. The van der Waals surface area contributed by atoms with Crippen molar-refractivity contribution in [1.82, 2.24) is 21.4 Å². The van der Waals surface area contributed by atoms with E-state index in [0.717, 1.165) is 45.8 Å². The lowest BCUT2D eigenvalue weighted by molar-refractivity contribution is 0.572. The Morgan fingerprint density at radius 3 is 1.50 bits per heavy atom. The SMILES string of the molecule is NCCNCCNCCNCCNN. The molecule has 0 spiro atoms. The van der Waals surface area contributed by atoms with E-state index in [2.05, 4.69) is 21.4 Å². The van der Waals surface area contributed by atoms with Crippen LogP contribution in [0, 0.1) is 0 Å². The van der Waals surface area contributed by atoms with Crippen molar-refractivity contribution < 1.29 is 0 Å². The second kappa shape index (κ2) is 12.8. The van der Waals surface area contributed by atoms with Crippen LogP contribution in [0.25, 0.3) is 0 Å². The van der Waals surface area contributed by atoms with E-state index in [0.29, 0.717) is 6.54 Å². The Balaban J connectivity index is 2.78. The molecule has 0 heterocycles. The van der Waals surface area contributed by atoms with E-state index in [1.165, 1.54) is 0 Å². The predicted octanol–water partition coefficient (Wildman–Crippen LogP) is -2.82. The molecule has 0 unspecified atom stereocenters. The number of hydrogen-bond acceptors (Lipinski definition) is 6. The van der Waals surface area contributed by atoms with Gasteiger partial charge in [0.05, 0.1) is 0 Å². The molecule has 0 aliphatic rings. The molecule has 0 aromatic heterocycles. The van der Waals surface area contributed by atoms with Crippen LogP contribution < -0.4 is 33.0 Å². The number of nitrogens with one attached hydrogen (secondary N) is 4. The molecule has 6 heteroatoms. The molecular weight excluding hydrogens is 180 g/mol. The van der Waals surface area contributed by atoms with E-state index >= 15 is 0 Å². The Morgan fingerprint density at radius 1 is 0.643 bits per heavy atom. The summed E-state index contributed by atoms with van der Waals surface area (Å²) >= 11 is 0. The summed E-state index contributed by atoms with van der Waals surface area (Å²) in [5, 5.41) is 9.76. The number of hydrazine groups is 1. The van der Waals surface area contributed by atoms with Crippen molar-refractivity contribution in [3.8, 4) is 0 Å². The highest BCUT2D eigenvalue weighted by molar-refractivity contribution is 4.55. The van der Waals surface area contributed by atoms with Crippen LogP contribution in [0.2, 0.25) is 0 Å². The van der Waals surface area contributed by atoms with Gasteiger partial charge in [0.15, 0.2) is 0 Å². The molecule has 0 bridgehead atoms. The maximum atomic E-state index is 5.33. The summed E-state index contributed by atoms with van der Waals surface area (Å²) in [5.74, 6) is 5.11. The zero-order chi connectivity index (χ0) is 10.5. The highest BCUT2D eigenvalue weighted by Crippen LogP contribution is 1.61. The van der Waals surface area contributed by atoms with Gasteiger partial charge in [-0.1, -0.05) is 0 Å². The van der Waals surface area contributed by atoms with Crippen molar-refractivity contribution in [2.24, 2.45) is 11.6 Å². The first-order valence-corrected chi connectivity index (χ1v) is 5.17. The fourth-order valence-corrected chi connectivity index (χ4v) is 0.991. The minimum Gasteiger partial charge on any atom is -0.329 e. The van der Waals surface area contributed by atoms with E-state index in [9.17, 15) is 0 Å². The quantitative estimate of drug-likeness (QED) is 0.123. The average molecular weight is 204 g/mol. The third-order valence-corrected chi connectivity index (χ3v) is 1.72. The van der Waals surface area contributed by atoms with Gasteiger partial charge in [-0.25, -0.2) is 0 Å². The summed E-state index contributed by atoms with van der Waals surface area (Å²) in [6.07, 6.45) is 0. The largest absolute Gasteiger partial charge is 0.329 e. The Bertz CT molecular complexity index is 87.8. The number of hydrogen-bond donors (Lipinski definition) is 6. The maximum Gasteiger partial charge on any atom is 0.0223 e. The van der Waals surface area contributed by atoms with Crippen molar-refractivity contribution >= 4 is 0 Å². The summed E-state index contributed by atoms with van der Waals surface area (Å²) < 4.78 is 0. The first-order valence-electron chi connectivity index (χ1n) is 5.17. The molecule has 0 radical (unpaired) electrons. The Kier molecular flexibility index (Phi) is 12.5. The van der Waals surface area contributed by atoms with Gasteiger partial charge < -0.3 is 21.7 Å². The number of rotatable bonds is 11. The molecule has 86 valence electrons. The molecule has 0 fully saturated rings. The monoisotopic (exact) mass is 204 g/mol. The van der Waals surface area contributed by atoms with Crippen molar-refractivity contribution in [3.63, 3.8) is 0 Å². The van der Waals surface area contributed by atoms with Crippen LogP contribution >= 0.6 is 0 Å². The Morgan fingerprint density at radius 2 is 1.07 bits per heavy atom. The van der Waals surface area contributed by atoms with E-state index < -0.39 is 0 Å². The van der Waals surface area contributed by atoms with Crippen molar-refractivity contribution in [1.29, 1.82) is 0 Å². The van der Waals surface area contributed by atoms with Crippen molar-refractivity contribution in [2.75, 3.05) is 52.4 Å². The predicted molar refractivity (Wildman–Crippen MR) is 59.9 cm³/mol. The van der Waals surface area contributed by atoms with Gasteiger partial charge in [-0.05, 0) is 0 Å². The fraction of sp³-hybridized carbons (Fsp3) is 1.00. The minimum absolute atomic E-state index is 0.702. The first-order chi connectivity index (χ1) is 6.91. The van der Waals surface area contributed by atoms with Gasteiger partial charge in [0, 0.05) is 52.4 Å². The van der Waals surface area contributed by atoms with Gasteiger partial charge >= 0.3 is 0 Å². The third kappa shape index (κ3) is 11.8. The molecule has 6 nitrogen and oxygen atoms in total. The molecule has 0 aliphatic heterocycles. The van der Waals surface area contributed by atoms with Crippen LogP contribution in [0.1, 0.15) is 0 Å². The molecular formula is C8H24N6. The summed E-state index contributed by atoms with van der Waals surface area (Å²) in [4.78, 5) is 0. The minimum atomic E-state index is 0.702. The average Bonchev–Trinajstić information content (AvgIpc) is 2.21. The van der Waals surface area contributed by atoms with Gasteiger partial charge in [0.25, 0.3) is 0 Å². The van der Waals surface area contributed by atoms with Gasteiger partial charge in [-0.15, -0.1) is 0 Å². The van der Waals surface area contributed by atoms with Crippen LogP contribution in [-0.4, -0.2) is 52.4 Å². The first kappa shape index (κ1) is 13.8. The second-order valence-corrected chi connectivity index (χ2v) is 2.99. The van der Waals surface area contributed by atoms with Gasteiger partial charge in [0.2, 0.25) is 0 Å². The zero-order valence-electron chi connectivity index (χ0n) is 8.81. The Hall–Kier alpha value is -0.240. The number of nitrogens with two attached hydrogens (primary N) is 2. The van der Waals surface area contributed by atoms with Crippen molar-refractivity contribution in [3.05, 3.63) is 0 Å². The van der Waals surface area contributed by atoms with Crippen LogP contribution in [0.3, 0.4) is 0 Å². The molecule has 0 saturated heterocycles. The lowest BCUT2D eigenvalue weighted by Crippen LogP contribution is -2.37. The lowest BCUT2D eigenvalue weighted by atomic mass is 10.5. The highest BCUT2D eigenvalue weighted by atomic mass is 15.2. The van der Waals surface area contributed by atoms with E-state index in [-0.39, 0.29) is 0 Å². The second-order valence-electron chi connectivity index (χ2n) is 2.99. The van der Waals surface area contributed by atoms with E-state index in [1.807, 2.05) is 0 Å². The lowest BCUT2D eigenvalue weighted by Gasteiger charge is -2.06. The molecule has 8 N–H and O–H groups in total. The summed E-state index contributed by atoms with van der Waals surface area (Å²) in [6, 6.07) is 0. The molecule has 0 amide bonds. The van der Waals surface area contributed by atoms with Crippen LogP contribution in [0.15, 0.2) is 0 Å². The van der Waals surface area contributed by atoms with E-state index in [4.69, 9.17) is 11.6 Å².